The lowest BCUT2D eigenvalue weighted by molar-refractivity contribution is 0.194. The summed E-state index contributed by atoms with van der Waals surface area (Å²) in [5, 5.41) is 6.63. The van der Waals surface area contributed by atoms with Gasteiger partial charge >= 0.3 is 0 Å². The summed E-state index contributed by atoms with van der Waals surface area (Å²) >= 11 is 0. The Morgan fingerprint density at radius 2 is 2.21 bits per heavy atom. The average molecular weight is 263 g/mol. The molecule has 5 heteroatoms. The number of anilines is 2. The van der Waals surface area contributed by atoms with Gasteiger partial charge in [0.15, 0.2) is 0 Å². The Kier molecular flexibility index (Phi) is 4.96. The molecule has 2 heterocycles. The fourth-order valence-electron chi connectivity index (χ4n) is 2.48. The quantitative estimate of drug-likeness (QED) is 0.852. The molecular formula is C14H25N5. The lowest BCUT2D eigenvalue weighted by Crippen LogP contribution is -2.40. The summed E-state index contributed by atoms with van der Waals surface area (Å²) in [5.41, 5.74) is 1.10. The zero-order chi connectivity index (χ0) is 13.7. The normalized spacial score (nSPS) is 20.3. The molecule has 0 radical (unpaired) electrons. The minimum Gasteiger partial charge on any atom is -0.368 e. The van der Waals surface area contributed by atoms with Crippen LogP contribution in [-0.4, -0.2) is 47.6 Å². The summed E-state index contributed by atoms with van der Waals surface area (Å²) < 4.78 is 0. The van der Waals surface area contributed by atoms with Gasteiger partial charge in [0.2, 0.25) is 5.95 Å². The number of aromatic nitrogens is 2. The number of nitrogens with one attached hydrogen (secondary N) is 2. The molecule has 1 aromatic heterocycles. The van der Waals surface area contributed by atoms with Crippen LogP contribution in [0.15, 0.2) is 6.20 Å². The second-order valence-corrected chi connectivity index (χ2v) is 5.27. The van der Waals surface area contributed by atoms with Gasteiger partial charge < -0.3 is 15.5 Å². The Labute approximate surface area is 115 Å². The van der Waals surface area contributed by atoms with E-state index in [1.807, 2.05) is 20.0 Å². The van der Waals surface area contributed by atoms with Crippen molar-refractivity contribution in [3.8, 4) is 0 Å². The van der Waals surface area contributed by atoms with Crippen molar-refractivity contribution in [3.63, 3.8) is 0 Å². The van der Waals surface area contributed by atoms with E-state index in [1.165, 1.54) is 25.8 Å². The summed E-state index contributed by atoms with van der Waals surface area (Å²) in [5.74, 6) is 1.65. The van der Waals surface area contributed by atoms with Gasteiger partial charge in [-0.05, 0) is 40.3 Å². The van der Waals surface area contributed by atoms with Gasteiger partial charge in [-0.15, -0.1) is 0 Å². The van der Waals surface area contributed by atoms with Crippen molar-refractivity contribution in [3.05, 3.63) is 11.8 Å². The van der Waals surface area contributed by atoms with Crippen molar-refractivity contribution < 1.29 is 0 Å². The van der Waals surface area contributed by atoms with Crippen LogP contribution in [0.1, 0.15) is 31.7 Å². The van der Waals surface area contributed by atoms with Gasteiger partial charge in [0.25, 0.3) is 0 Å². The molecule has 0 amide bonds. The van der Waals surface area contributed by atoms with E-state index in [9.17, 15) is 0 Å². The molecule has 5 nitrogen and oxygen atoms in total. The van der Waals surface area contributed by atoms with Crippen molar-refractivity contribution in [1.82, 2.24) is 14.9 Å². The van der Waals surface area contributed by atoms with Gasteiger partial charge in [-0.2, -0.15) is 4.98 Å². The predicted octanol–water partition coefficient (Wildman–Crippen LogP) is 2.11. The van der Waals surface area contributed by atoms with Gasteiger partial charge in [-0.1, -0.05) is 6.42 Å². The number of likely N-dealkylation sites (tertiary alicyclic amines) is 1. The first-order chi connectivity index (χ1) is 9.20. The summed E-state index contributed by atoms with van der Waals surface area (Å²) in [7, 11) is 2.21. The van der Waals surface area contributed by atoms with E-state index in [0.29, 0.717) is 12.0 Å². The van der Waals surface area contributed by atoms with Crippen LogP contribution < -0.4 is 10.6 Å². The lowest BCUT2D eigenvalue weighted by atomic mass is 10.0. The lowest BCUT2D eigenvalue weighted by Gasteiger charge is -2.32. The number of aryl methyl sites for hydroxylation is 1. The highest BCUT2D eigenvalue weighted by Crippen LogP contribution is 2.17. The molecule has 0 aromatic carbocycles. The zero-order valence-corrected chi connectivity index (χ0v) is 12.2. The van der Waals surface area contributed by atoms with Crippen LogP contribution in [0.4, 0.5) is 11.8 Å². The third kappa shape index (κ3) is 3.80. The van der Waals surface area contributed by atoms with Gasteiger partial charge in [0.05, 0.1) is 0 Å². The molecule has 0 aliphatic carbocycles. The molecule has 0 bridgehead atoms. The molecule has 106 valence electrons. The monoisotopic (exact) mass is 263 g/mol. The second-order valence-electron chi connectivity index (χ2n) is 5.27. The molecule has 1 aliphatic rings. The molecule has 0 spiro atoms. The molecule has 2 rings (SSSR count). The van der Waals surface area contributed by atoms with Crippen molar-refractivity contribution in [2.75, 3.05) is 37.3 Å². The summed E-state index contributed by atoms with van der Waals surface area (Å²) in [4.78, 5) is 11.2. The topological polar surface area (TPSA) is 53.1 Å². The highest BCUT2D eigenvalue weighted by atomic mass is 15.2. The maximum Gasteiger partial charge on any atom is 0.224 e. The Morgan fingerprint density at radius 1 is 1.37 bits per heavy atom. The van der Waals surface area contributed by atoms with Crippen LogP contribution in [0.25, 0.3) is 0 Å². The highest BCUT2D eigenvalue weighted by molar-refractivity contribution is 5.46. The average Bonchev–Trinajstić information content (AvgIpc) is 2.41. The molecule has 1 aliphatic heterocycles. The number of rotatable bonds is 5. The van der Waals surface area contributed by atoms with Gasteiger partial charge in [0.1, 0.15) is 5.82 Å². The molecule has 1 saturated heterocycles. The largest absolute Gasteiger partial charge is 0.368 e. The van der Waals surface area contributed by atoms with Crippen LogP contribution in [0.3, 0.4) is 0 Å². The summed E-state index contributed by atoms with van der Waals surface area (Å²) in [6.45, 7) is 7.10. The molecule has 1 fully saturated rings. The Balaban J connectivity index is 1.96. The first-order valence-electron chi connectivity index (χ1n) is 7.22. The highest BCUT2D eigenvalue weighted by Gasteiger charge is 2.18. The molecule has 19 heavy (non-hydrogen) atoms. The standard InChI is InChI=1S/C14H25N5/c1-4-15-14-17-9-11(2)13(18-14)16-10-12-7-5-6-8-19(12)3/h9,12H,4-8,10H2,1-3H3,(H2,15,16,17,18). The maximum absolute atomic E-state index is 4.52. The van der Waals surface area contributed by atoms with E-state index in [2.05, 4.69) is 32.5 Å². The van der Waals surface area contributed by atoms with Crippen molar-refractivity contribution in [2.24, 2.45) is 0 Å². The van der Waals surface area contributed by atoms with E-state index < -0.39 is 0 Å². The van der Waals surface area contributed by atoms with E-state index in [1.54, 1.807) is 0 Å². The molecule has 1 unspecified atom stereocenters. The number of hydrogen-bond donors (Lipinski definition) is 2. The molecular weight excluding hydrogens is 238 g/mol. The fraction of sp³-hybridized carbons (Fsp3) is 0.714. The van der Waals surface area contributed by atoms with Gasteiger partial charge in [-0.25, -0.2) is 4.98 Å². The number of likely N-dealkylation sites (N-methyl/N-ethyl adjacent to an activating group) is 1. The fourth-order valence-corrected chi connectivity index (χ4v) is 2.48. The van der Waals surface area contributed by atoms with E-state index in [-0.39, 0.29) is 0 Å². The van der Waals surface area contributed by atoms with Crippen LogP contribution in [-0.2, 0) is 0 Å². The third-order valence-electron chi connectivity index (χ3n) is 3.73. The minimum absolute atomic E-state index is 0.616. The van der Waals surface area contributed by atoms with Crippen LogP contribution in [0.5, 0.6) is 0 Å². The van der Waals surface area contributed by atoms with Gasteiger partial charge in [0, 0.05) is 30.9 Å². The molecule has 2 N–H and O–H groups in total. The first kappa shape index (κ1) is 14.1. The molecule has 0 saturated carbocycles. The Morgan fingerprint density at radius 3 is 2.95 bits per heavy atom. The van der Waals surface area contributed by atoms with Crippen molar-refractivity contribution >= 4 is 11.8 Å². The predicted molar refractivity (Wildman–Crippen MR) is 79.7 cm³/mol. The summed E-state index contributed by atoms with van der Waals surface area (Å²) in [6, 6.07) is 0.616. The molecule has 1 atom stereocenters. The van der Waals surface area contributed by atoms with Crippen molar-refractivity contribution in [1.29, 1.82) is 0 Å². The van der Waals surface area contributed by atoms with Crippen molar-refractivity contribution in [2.45, 2.75) is 39.2 Å². The van der Waals surface area contributed by atoms with E-state index in [0.717, 1.165) is 24.5 Å². The van der Waals surface area contributed by atoms with Crippen LogP contribution in [0.2, 0.25) is 0 Å². The van der Waals surface area contributed by atoms with Crippen LogP contribution >= 0.6 is 0 Å². The SMILES string of the molecule is CCNc1ncc(C)c(NCC2CCCCN2C)n1. The Bertz CT molecular complexity index is 407. The van der Waals surface area contributed by atoms with E-state index in [4.69, 9.17) is 0 Å². The number of nitrogens with zero attached hydrogens (tertiary/aromatic N) is 3. The number of hydrogen-bond acceptors (Lipinski definition) is 5. The first-order valence-corrected chi connectivity index (χ1v) is 7.22. The minimum atomic E-state index is 0.616. The number of piperidine rings is 1. The van der Waals surface area contributed by atoms with E-state index >= 15 is 0 Å². The third-order valence-corrected chi connectivity index (χ3v) is 3.73. The van der Waals surface area contributed by atoms with Crippen LogP contribution in [0, 0.1) is 6.92 Å². The Hall–Kier alpha value is -1.36. The van der Waals surface area contributed by atoms with Gasteiger partial charge in [-0.3, -0.25) is 0 Å². The maximum atomic E-state index is 4.52. The summed E-state index contributed by atoms with van der Waals surface area (Å²) in [6.07, 6.45) is 5.80. The molecule has 1 aromatic rings. The smallest absolute Gasteiger partial charge is 0.224 e. The second kappa shape index (κ2) is 6.70. The zero-order valence-electron chi connectivity index (χ0n) is 12.2.